The van der Waals surface area contributed by atoms with Gasteiger partial charge in [-0.3, -0.25) is 13.9 Å². The van der Waals surface area contributed by atoms with Crippen LogP contribution in [0.4, 0.5) is 5.69 Å². The highest BCUT2D eigenvalue weighted by atomic mass is 79.9. The zero-order chi connectivity index (χ0) is 33.6. The minimum atomic E-state index is -4.31. The third-order valence-electron chi connectivity index (χ3n) is 8.30. The molecule has 0 bridgehead atoms. The van der Waals surface area contributed by atoms with Crippen molar-refractivity contribution in [1.82, 2.24) is 10.2 Å². The van der Waals surface area contributed by atoms with Crippen LogP contribution in [0.5, 0.6) is 0 Å². The number of hydrogen-bond acceptors (Lipinski definition) is 4. The lowest BCUT2D eigenvalue weighted by Crippen LogP contribution is -2.54. The molecule has 1 atom stereocenters. The number of nitrogens with one attached hydrogen (secondary N) is 1. The average molecular weight is 758 g/mol. The molecule has 0 radical (unpaired) electrons. The predicted molar refractivity (Wildman–Crippen MR) is 191 cm³/mol. The van der Waals surface area contributed by atoms with E-state index in [1.165, 1.54) is 23.1 Å². The van der Waals surface area contributed by atoms with Crippen LogP contribution in [0, 0.1) is 6.92 Å². The zero-order valence-corrected chi connectivity index (χ0v) is 29.8. The molecule has 1 saturated carbocycles. The van der Waals surface area contributed by atoms with E-state index >= 15 is 0 Å². The summed E-state index contributed by atoms with van der Waals surface area (Å²) in [6.45, 7) is 1.30. The molecule has 47 heavy (non-hydrogen) atoms. The second-order valence-corrected chi connectivity index (χ2v) is 15.3. The molecule has 0 spiro atoms. The Kier molecular flexibility index (Phi) is 11.7. The maximum absolute atomic E-state index is 14.7. The van der Waals surface area contributed by atoms with E-state index in [0.717, 1.165) is 51.2 Å². The Bertz CT molecular complexity index is 1820. The largest absolute Gasteiger partial charge is 0.352 e. The van der Waals surface area contributed by atoms with Gasteiger partial charge in [-0.2, -0.15) is 0 Å². The van der Waals surface area contributed by atoms with Gasteiger partial charge in [0, 0.05) is 23.5 Å². The molecule has 4 aromatic rings. The molecule has 2 amide bonds. The summed E-state index contributed by atoms with van der Waals surface area (Å²) in [5.74, 6) is -0.850. The third kappa shape index (κ3) is 8.76. The van der Waals surface area contributed by atoms with Gasteiger partial charge in [0.1, 0.15) is 12.6 Å². The fourth-order valence-corrected chi connectivity index (χ4v) is 8.11. The maximum atomic E-state index is 14.7. The number of benzene rings is 4. The highest BCUT2D eigenvalue weighted by molar-refractivity contribution is 9.10. The molecule has 11 heteroatoms. The number of anilines is 1. The highest BCUT2D eigenvalue weighted by Gasteiger charge is 2.36. The Morgan fingerprint density at radius 3 is 2.23 bits per heavy atom. The van der Waals surface area contributed by atoms with Crippen LogP contribution < -0.4 is 9.62 Å². The summed E-state index contributed by atoms with van der Waals surface area (Å²) in [4.78, 5) is 30.3. The molecule has 1 fully saturated rings. The Morgan fingerprint density at radius 1 is 0.894 bits per heavy atom. The molecule has 0 saturated heterocycles. The summed E-state index contributed by atoms with van der Waals surface area (Å²) >= 11 is 16.5. The van der Waals surface area contributed by atoms with Crippen molar-refractivity contribution in [2.24, 2.45) is 0 Å². The predicted octanol–water partition coefficient (Wildman–Crippen LogP) is 7.96. The number of halogens is 3. The van der Waals surface area contributed by atoms with Gasteiger partial charge in [-0.05, 0) is 67.3 Å². The Balaban J connectivity index is 1.59. The molecular weight excluding hydrogens is 721 g/mol. The van der Waals surface area contributed by atoms with Crippen molar-refractivity contribution in [3.8, 4) is 0 Å². The average Bonchev–Trinajstić information content (AvgIpc) is 3.56. The smallest absolute Gasteiger partial charge is 0.264 e. The zero-order valence-electron chi connectivity index (χ0n) is 25.9. The number of amides is 2. The normalized spacial score (nSPS) is 14.0. The quantitative estimate of drug-likeness (QED) is 0.159. The van der Waals surface area contributed by atoms with Crippen molar-refractivity contribution < 1.29 is 18.0 Å². The molecule has 246 valence electrons. The fourth-order valence-electron chi connectivity index (χ4n) is 5.79. The molecule has 4 aromatic carbocycles. The molecule has 1 aliphatic carbocycles. The minimum absolute atomic E-state index is 0.00370. The van der Waals surface area contributed by atoms with Crippen molar-refractivity contribution in [3.63, 3.8) is 0 Å². The summed E-state index contributed by atoms with van der Waals surface area (Å²) in [6.07, 6.45) is 4.04. The number of hydrogen-bond donors (Lipinski definition) is 1. The van der Waals surface area contributed by atoms with Gasteiger partial charge in [0.15, 0.2) is 0 Å². The van der Waals surface area contributed by atoms with Gasteiger partial charge < -0.3 is 10.2 Å². The van der Waals surface area contributed by atoms with Crippen molar-refractivity contribution in [2.45, 2.75) is 62.6 Å². The van der Waals surface area contributed by atoms with E-state index in [1.807, 2.05) is 61.5 Å². The summed E-state index contributed by atoms with van der Waals surface area (Å²) in [6, 6.07) is 27.1. The van der Waals surface area contributed by atoms with E-state index < -0.39 is 28.5 Å². The molecule has 1 N–H and O–H groups in total. The van der Waals surface area contributed by atoms with Crippen LogP contribution >= 0.6 is 39.1 Å². The fraction of sp³-hybridized carbons (Fsp3) is 0.278. The van der Waals surface area contributed by atoms with Crippen LogP contribution in [0.3, 0.4) is 0 Å². The lowest BCUT2D eigenvalue weighted by atomic mass is 10.0. The van der Waals surface area contributed by atoms with Crippen LogP contribution in [-0.4, -0.2) is 43.8 Å². The van der Waals surface area contributed by atoms with E-state index in [0.29, 0.717) is 0 Å². The lowest BCUT2D eigenvalue weighted by Gasteiger charge is -2.34. The number of aryl methyl sites for hydroxylation is 1. The number of carbonyl (C=O) groups excluding carboxylic acids is 2. The Morgan fingerprint density at radius 2 is 1.55 bits per heavy atom. The van der Waals surface area contributed by atoms with Crippen LogP contribution in [0.2, 0.25) is 10.0 Å². The first-order valence-corrected chi connectivity index (χ1v) is 18.4. The van der Waals surface area contributed by atoms with Crippen LogP contribution in [0.1, 0.15) is 42.4 Å². The molecule has 1 aliphatic rings. The third-order valence-corrected chi connectivity index (χ3v) is 11.4. The van der Waals surface area contributed by atoms with Gasteiger partial charge in [-0.1, -0.05) is 118 Å². The summed E-state index contributed by atoms with van der Waals surface area (Å²) in [5, 5.41) is 3.32. The van der Waals surface area contributed by atoms with Gasteiger partial charge in [0.2, 0.25) is 11.8 Å². The van der Waals surface area contributed by atoms with E-state index in [4.69, 9.17) is 23.2 Å². The maximum Gasteiger partial charge on any atom is 0.264 e. The van der Waals surface area contributed by atoms with Crippen molar-refractivity contribution in [3.05, 3.63) is 128 Å². The minimum Gasteiger partial charge on any atom is -0.352 e. The van der Waals surface area contributed by atoms with Crippen LogP contribution in [0.15, 0.2) is 106 Å². The van der Waals surface area contributed by atoms with E-state index in [2.05, 4.69) is 21.2 Å². The molecule has 5 rings (SSSR count). The Hall–Kier alpha value is -3.37. The molecule has 0 unspecified atom stereocenters. The molecule has 7 nitrogen and oxygen atoms in total. The lowest BCUT2D eigenvalue weighted by molar-refractivity contribution is -0.140. The second kappa shape index (κ2) is 15.7. The monoisotopic (exact) mass is 755 g/mol. The standard InChI is InChI=1S/C36H36BrCl2N3O4S/c1-25-17-19-30(20-18-25)47(45,46)42(32-16-8-15-31(38)35(32)39)24-34(43)41(23-27-11-7-12-28(37)21-27)33(22-26-9-3-2-4-10-26)36(44)40-29-13-5-6-14-29/h2-4,7-12,15-21,29,33H,5-6,13-14,22-24H2,1H3,(H,40,44)/t33-/m0/s1. The van der Waals surface area contributed by atoms with Gasteiger partial charge >= 0.3 is 0 Å². The molecule has 0 heterocycles. The highest BCUT2D eigenvalue weighted by Crippen LogP contribution is 2.36. The summed E-state index contributed by atoms with van der Waals surface area (Å²) in [7, 11) is -4.31. The molecule has 0 aliphatic heterocycles. The number of rotatable bonds is 12. The van der Waals surface area contributed by atoms with Gasteiger partial charge in [-0.15, -0.1) is 0 Å². The van der Waals surface area contributed by atoms with Crippen LogP contribution in [0.25, 0.3) is 0 Å². The van der Waals surface area contributed by atoms with Crippen molar-refractivity contribution in [2.75, 3.05) is 10.8 Å². The number of carbonyl (C=O) groups is 2. The van der Waals surface area contributed by atoms with Gasteiger partial charge in [0.25, 0.3) is 10.0 Å². The first kappa shape index (κ1) is 35.0. The first-order chi connectivity index (χ1) is 22.5. The van der Waals surface area contributed by atoms with E-state index in [1.54, 1.807) is 24.3 Å². The SMILES string of the molecule is Cc1ccc(S(=O)(=O)N(CC(=O)N(Cc2cccc(Br)c2)[C@@H](Cc2ccccc2)C(=O)NC2CCCC2)c2cccc(Cl)c2Cl)cc1. The van der Waals surface area contributed by atoms with Gasteiger partial charge in [0.05, 0.1) is 20.6 Å². The van der Waals surface area contributed by atoms with Crippen molar-refractivity contribution in [1.29, 1.82) is 0 Å². The van der Waals surface area contributed by atoms with Crippen LogP contribution in [-0.2, 0) is 32.6 Å². The van der Waals surface area contributed by atoms with E-state index in [-0.39, 0.29) is 45.5 Å². The van der Waals surface area contributed by atoms with Gasteiger partial charge in [-0.25, -0.2) is 8.42 Å². The van der Waals surface area contributed by atoms with Crippen molar-refractivity contribution >= 4 is 66.7 Å². The summed E-state index contributed by atoms with van der Waals surface area (Å²) < 4.78 is 30.3. The second-order valence-electron chi connectivity index (χ2n) is 11.7. The number of sulfonamides is 1. The number of nitrogens with zero attached hydrogens (tertiary/aromatic N) is 2. The molecule has 0 aromatic heterocycles. The molecular formula is C36H36BrCl2N3O4S. The van der Waals surface area contributed by atoms with E-state index in [9.17, 15) is 18.0 Å². The summed E-state index contributed by atoms with van der Waals surface area (Å²) in [5.41, 5.74) is 2.58. The first-order valence-electron chi connectivity index (χ1n) is 15.4. The Labute approximate surface area is 295 Å². The topological polar surface area (TPSA) is 86.8 Å².